The summed E-state index contributed by atoms with van der Waals surface area (Å²) in [4.78, 5) is 105. The molecule has 1 fully saturated rings. The predicted octanol–water partition coefficient (Wildman–Crippen LogP) is 5.91. The van der Waals surface area contributed by atoms with Gasteiger partial charge in [0.2, 0.25) is 35.4 Å². The zero-order valence-corrected chi connectivity index (χ0v) is 47.9. The average molecular weight is 1080 g/mol. The van der Waals surface area contributed by atoms with Crippen LogP contribution in [0.15, 0.2) is 97.1 Å². The van der Waals surface area contributed by atoms with E-state index in [4.69, 9.17) is 0 Å². The van der Waals surface area contributed by atoms with Gasteiger partial charge in [0.25, 0.3) is 5.91 Å². The number of fused-ring (bicyclic) bond motifs is 2. The van der Waals surface area contributed by atoms with E-state index in [9.17, 15) is 28.8 Å². The van der Waals surface area contributed by atoms with Crippen molar-refractivity contribution in [2.45, 2.75) is 168 Å². The monoisotopic (exact) mass is 1080 g/mol. The second-order valence-corrected chi connectivity index (χ2v) is 24.0. The van der Waals surface area contributed by atoms with E-state index in [0.717, 1.165) is 36.0 Å². The van der Waals surface area contributed by atoms with E-state index in [1.54, 1.807) is 80.2 Å². The maximum absolute atomic E-state index is 15.5. The first-order valence-corrected chi connectivity index (χ1v) is 27.8. The summed E-state index contributed by atoms with van der Waals surface area (Å²) in [5, 5.41) is 18.1. The van der Waals surface area contributed by atoms with Crippen molar-refractivity contribution in [1.82, 2.24) is 46.6 Å². The quantitative estimate of drug-likeness (QED) is 0.0701. The van der Waals surface area contributed by atoms with Crippen LogP contribution in [-0.2, 0) is 61.1 Å². The van der Waals surface area contributed by atoms with Crippen LogP contribution in [0.2, 0.25) is 0 Å². The van der Waals surface area contributed by atoms with E-state index in [1.165, 1.54) is 16.5 Å². The Morgan fingerprint density at radius 3 is 1.82 bits per heavy atom. The highest BCUT2D eigenvalue weighted by Gasteiger charge is 2.47. The highest BCUT2D eigenvalue weighted by molar-refractivity contribution is 5.97. The second-order valence-electron chi connectivity index (χ2n) is 24.0. The van der Waals surface area contributed by atoms with Crippen molar-refractivity contribution in [3.8, 4) is 0 Å². The molecule has 424 valence electrons. The first-order valence-electron chi connectivity index (χ1n) is 27.8. The molecular weight excluding hydrogens is 1000 g/mol. The highest BCUT2D eigenvalue weighted by Crippen LogP contribution is 2.33. The standard InChI is InChI=1S/C62H82FN9O7/c1-37(31-44-21-15-17-25-48(44)63)70(58(77)51-32-43-20-12-13-22-45(43)35-71(51)59(78)52(61(4,5)6)68-54(73)38(2)64-10)34-40-27-29-42(30-28-40)56(75)66-46-33-50(57(76)67-49-26-18-23-41-19-14-16-24-47(41)49)72(36-46)60(79)53(62(7,8)9)69-55(74)39(3)65-11/h12-17,19-22,24-25,27-30,37-39,46,49-53,64-65H,18,23,26,31-36H2,1-11H3,(H,66,75)(H,67,76)(H,68,73)(H,69,74)/t37?,38?,39?,46-,49+,50-,51?,52?,53?/m0/s1. The van der Waals surface area contributed by atoms with Crippen LogP contribution in [0, 0.1) is 16.6 Å². The molecule has 0 radical (unpaired) electrons. The van der Waals surface area contributed by atoms with Gasteiger partial charge >= 0.3 is 0 Å². The van der Waals surface area contributed by atoms with Gasteiger partial charge < -0.3 is 46.6 Å². The third kappa shape index (κ3) is 14.3. The Hall–Kier alpha value is -6.98. The van der Waals surface area contributed by atoms with Crippen LogP contribution < -0.4 is 31.9 Å². The molecule has 0 aromatic heterocycles. The minimum absolute atomic E-state index is 0.0199. The van der Waals surface area contributed by atoms with E-state index in [-0.39, 0.29) is 68.6 Å². The molecule has 16 nitrogen and oxygen atoms in total. The van der Waals surface area contributed by atoms with Crippen LogP contribution in [0.1, 0.15) is 131 Å². The summed E-state index contributed by atoms with van der Waals surface area (Å²) in [6.45, 7) is 16.6. The van der Waals surface area contributed by atoms with Crippen molar-refractivity contribution in [3.05, 3.63) is 142 Å². The Labute approximate surface area is 465 Å². The number of hydrogen-bond donors (Lipinski definition) is 6. The van der Waals surface area contributed by atoms with Crippen LogP contribution in [0.25, 0.3) is 0 Å². The number of aryl methyl sites for hydroxylation is 1. The molecule has 7 rings (SSSR count). The number of likely N-dealkylation sites (N-methyl/N-ethyl adjacent to an activating group) is 2. The lowest BCUT2D eigenvalue weighted by molar-refractivity contribution is -0.152. The molecule has 3 aliphatic rings. The molecule has 1 aliphatic carbocycles. The van der Waals surface area contributed by atoms with E-state index < -0.39 is 82.7 Å². The number of carbonyl (C=O) groups excluding carboxylic acids is 7. The molecule has 4 aromatic rings. The molecule has 6 N–H and O–H groups in total. The zero-order valence-electron chi connectivity index (χ0n) is 47.9. The van der Waals surface area contributed by atoms with Crippen LogP contribution in [0.4, 0.5) is 4.39 Å². The highest BCUT2D eigenvalue weighted by atomic mass is 19.1. The summed E-state index contributed by atoms with van der Waals surface area (Å²) >= 11 is 0. The maximum Gasteiger partial charge on any atom is 0.251 e. The SMILES string of the molecule is CNC(C)C(=O)NC(C(=O)N1Cc2ccccc2CC1C(=O)N(Cc1ccc(C(=O)N[C@H]2C[C@@H](C(=O)N[C@@H]3CCCc4ccccc43)N(C(=O)C(NC(=O)C(C)NC)C(C)(C)C)C2)cc1)C(C)Cc1ccccc1F)C(C)(C)C. The van der Waals surface area contributed by atoms with Crippen LogP contribution in [0.5, 0.6) is 0 Å². The summed E-state index contributed by atoms with van der Waals surface area (Å²) < 4.78 is 15.3. The number of hydrogen-bond acceptors (Lipinski definition) is 9. The van der Waals surface area contributed by atoms with Crippen LogP contribution in [-0.4, -0.2) is 125 Å². The Morgan fingerprint density at radius 1 is 0.671 bits per heavy atom. The third-order valence-electron chi connectivity index (χ3n) is 16.0. The Kier molecular flexibility index (Phi) is 19.2. The van der Waals surface area contributed by atoms with Gasteiger partial charge in [0, 0.05) is 43.7 Å². The molecule has 6 unspecified atom stereocenters. The Bertz CT molecular complexity index is 2860. The van der Waals surface area contributed by atoms with Gasteiger partial charge in [-0.3, -0.25) is 33.6 Å². The number of nitrogens with one attached hydrogen (secondary N) is 6. The van der Waals surface area contributed by atoms with Crippen molar-refractivity contribution in [2.24, 2.45) is 10.8 Å². The second kappa shape index (κ2) is 25.4. The first-order chi connectivity index (χ1) is 37.4. The number of likely N-dealkylation sites (tertiary alicyclic amines) is 1. The average Bonchev–Trinajstić information content (AvgIpc) is 3.91. The maximum atomic E-state index is 15.5. The molecule has 17 heteroatoms. The normalized spacial score (nSPS) is 20.1. The Balaban J connectivity index is 1.15. The molecule has 7 amide bonds. The number of benzene rings is 4. The minimum atomic E-state index is -0.984. The van der Waals surface area contributed by atoms with Crippen molar-refractivity contribution in [1.29, 1.82) is 0 Å². The molecule has 0 saturated carbocycles. The molecule has 2 aliphatic heterocycles. The Morgan fingerprint density at radius 2 is 1.23 bits per heavy atom. The molecule has 0 spiro atoms. The number of nitrogens with zero attached hydrogens (tertiary/aromatic N) is 3. The predicted molar refractivity (Wildman–Crippen MR) is 302 cm³/mol. The smallest absolute Gasteiger partial charge is 0.251 e. The molecule has 79 heavy (non-hydrogen) atoms. The van der Waals surface area contributed by atoms with Crippen LogP contribution >= 0.6 is 0 Å². The fraction of sp³-hybridized carbons (Fsp3) is 0.500. The third-order valence-corrected chi connectivity index (χ3v) is 16.0. The molecule has 4 aromatic carbocycles. The lowest BCUT2D eigenvalue weighted by Gasteiger charge is -2.43. The van der Waals surface area contributed by atoms with Crippen molar-refractivity contribution in [3.63, 3.8) is 0 Å². The number of rotatable bonds is 18. The topological polar surface area (TPSA) is 201 Å². The van der Waals surface area contributed by atoms with E-state index in [2.05, 4.69) is 38.0 Å². The number of halogens is 1. The molecule has 0 bridgehead atoms. The van der Waals surface area contributed by atoms with Crippen molar-refractivity contribution >= 4 is 41.4 Å². The zero-order chi connectivity index (χ0) is 57.5. The van der Waals surface area contributed by atoms with E-state index in [0.29, 0.717) is 16.7 Å². The number of carbonyl (C=O) groups is 7. The summed E-state index contributed by atoms with van der Waals surface area (Å²) in [7, 11) is 3.32. The first kappa shape index (κ1) is 59.7. The van der Waals surface area contributed by atoms with Crippen molar-refractivity contribution in [2.75, 3.05) is 20.6 Å². The van der Waals surface area contributed by atoms with Crippen LogP contribution in [0.3, 0.4) is 0 Å². The van der Waals surface area contributed by atoms with Gasteiger partial charge in [-0.1, -0.05) is 120 Å². The van der Waals surface area contributed by atoms with E-state index in [1.807, 2.05) is 90.9 Å². The van der Waals surface area contributed by atoms with Gasteiger partial charge in [-0.2, -0.15) is 0 Å². The van der Waals surface area contributed by atoms with Gasteiger partial charge in [-0.15, -0.1) is 0 Å². The summed E-state index contributed by atoms with van der Waals surface area (Å²) in [5.74, 6) is -3.08. The van der Waals surface area contributed by atoms with Gasteiger partial charge in [-0.25, -0.2) is 4.39 Å². The molecular formula is C62H82FN9O7. The molecule has 2 heterocycles. The van der Waals surface area contributed by atoms with Gasteiger partial charge in [0.1, 0.15) is 30.0 Å². The summed E-state index contributed by atoms with van der Waals surface area (Å²) in [5.41, 5.74) is 3.94. The lowest BCUT2D eigenvalue weighted by atomic mass is 9.84. The fourth-order valence-corrected chi connectivity index (χ4v) is 11.0. The largest absolute Gasteiger partial charge is 0.347 e. The summed E-state index contributed by atoms with van der Waals surface area (Å²) in [6.07, 6.45) is 3.05. The van der Waals surface area contributed by atoms with Gasteiger partial charge in [0.05, 0.1) is 18.1 Å². The minimum Gasteiger partial charge on any atom is -0.347 e. The van der Waals surface area contributed by atoms with Gasteiger partial charge in [0.15, 0.2) is 0 Å². The fourth-order valence-electron chi connectivity index (χ4n) is 11.0. The van der Waals surface area contributed by atoms with E-state index >= 15 is 9.18 Å². The number of amides is 7. The molecule has 9 atom stereocenters. The lowest BCUT2D eigenvalue weighted by Crippen LogP contribution is -2.62. The molecule has 1 saturated heterocycles. The summed E-state index contributed by atoms with van der Waals surface area (Å²) in [6, 6.07) is 22.5. The van der Waals surface area contributed by atoms with Gasteiger partial charge in [-0.05, 0) is 129 Å². The van der Waals surface area contributed by atoms with Crippen molar-refractivity contribution < 1.29 is 38.0 Å².